The van der Waals surface area contributed by atoms with Crippen molar-refractivity contribution in [1.29, 1.82) is 0 Å². The van der Waals surface area contributed by atoms with E-state index in [0.29, 0.717) is 27.8 Å². The fourth-order valence-electron chi connectivity index (χ4n) is 4.52. The number of aryl methyl sites for hydroxylation is 2. The molecule has 1 aromatic heterocycles. The highest BCUT2D eigenvalue weighted by atomic mass is 32.1. The van der Waals surface area contributed by atoms with E-state index in [2.05, 4.69) is 6.92 Å². The van der Waals surface area contributed by atoms with Crippen LogP contribution in [-0.2, 0) is 16.0 Å². The molecule has 4 aromatic rings. The zero-order valence-corrected chi connectivity index (χ0v) is 21.8. The molecule has 0 radical (unpaired) electrons. The summed E-state index contributed by atoms with van der Waals surface area (Å²) >= 11 is 1.33. The smallest absolute Gasteiger partial charge is 0.301 e. The Kier molecular flexibility index (Phi) is 6.43. The van der Waals surface area contributed by atoms with Crippen LogP contribution < -0.4 is 14.4 Å². The Balaban J connectivity index is 1.77. The molecule has 0 bridgehead atoms. The number of anilines is 1. The first-order chi connectivity index (χ1) is 17.9. The molecule has 188 valence electrons. The van der Waals surface area contributed by atoms with Crippen LogP contribution in [-0.4, -0.2) is 36.0 Å². The molecule has 1 aliphatic heterocycles. The first kappa shape index (κ1) is 24.5. The number of hydrogen-bond donors (Lipinski definition) is 1. The van der Waals surface area contributed by atoms with Crippen molar-refractivity contribution in [3.05, 3.63) is 88.5 Å². The summed E-state index contributed by atoms with van der Waals surface area (Å²) < 4.78 is 12.0. The van der Waals surface area contributed by atoms with Crippen molar-refractivity contribution in [2.45, 2.75) is 26.3 Å². The minimum absolute atomic E-state index is 0.0334. The highest BCUT2D eigenvalue weighted by molar-refractivity contribution is 7.22. The first-order valence-electron chi connectivity index (χ1n) is 11.9. The Morgan fingerprint density at radius 1 is 1.03 bits per heavy atom. The molecule has 1 fully saturated rings. The number of benzene rings is 3. The Morgan fingerprint density at radius 3 is 2.46 bits per heavy atom. The van der Waals surface area contributed by atoms with E-state index >= 15 is 0 Å². The number of rotatable bonds is 6. The minimum Gasteiger partial charge on any atom is -0.507 e. The number of aliphatic hydroxyl groups excluding tert-OH is 1. The number of Topliss-reactive ketones (excluding diaryl/α,β-unsaturated/α-hetero) is 1. The molecule has 1 aliphatic rings. The maximum absolute atomic E-state index is 13.6. The van der Waals surface area contributed by atoms with Gasteiger partial charge in [0.1, 0.15) is 23.3 Å². The van der Waals surface area contributed by atoms with Gasteiger partial charge >= 0.3 is 5.91 Å². The molecular formula is C29H26N2O5S. The van der Waals surface area contributed by atoms with Crippen molar-refractivity contribution in [2.75, 3.05) is 19.1 Å². The zero-order valence-electron chi connectivity index (χ0n) is 20.9. The molecule has 3 aromatic carbocycles. The fraction of sp³-hybridized carbons (Fsp3) is 0.207. The summed E-state index contributed by atoms with van der Waals surface area (Å²) in [4.78, 5) is 33.1. The van der Waals surface area contributed by atoms with Gasteiger partial charge in [0.2, 0.25) is 0 Å². The molecule has 8 heteroatoms. The standard InChI is InChI=1S/C29H26N2O5S/c1-5-17-8-12-21-23(14-17)37-29(30-21)31-25(20-15-19(35-3)11-13-22(20)36-4)24(27(33)28(31)34)26(32)18-9-6-16(2)7-10-18/h6-15,25,32H,5H2,1-4H3. The van der Waals surface area contributed by atoms with Crippen LogP contribution in [0, 0.1) is 6.92 Å². The normalized spacial score (nSPS) is 17.0. The average Bonchev–Trinajstić information content (AvgIpc) is 3.45. The van der Waals surface area contributed by atoms with Gasteiger partial charge in [0.25, 0.3) is 5.78 Å². The first-order valence-corrected chi connectivity index (χ1v) is 12.7. The SMILES string of the molecule is CCc1ccc2nc(N3C(=O)C(=O)C(=C(O)c4ccc(C)cc4)C3c3cc(OC)ccc3OC)sc2c1. The van der Waals surface area contributed by atoms with Gasteiger partial charge in [-0.3, -0.25) is 14.5 Å². The average molecular weight is 515 g/mol. The van der Waals surface area contributed by atoms with Gasteiger partial charge in [0.05, 0.1) is 30.0 Å². The van der Waals surface area contributed by atoms with Crippen LogP contribution >= 0.6 is 11.3 Å². The molecule has 1 atom stereocenters. The molecular weight excluding hydrogens is 488 g/mol. The van der Waals surface area contributed by atoms with E-state index in [-0.39, 0.29) is 11.3 Å². The topological polar surface area (TPSA) is 89.0 Å². The second-order valence-corrected chi connectivity index (χ2v) is 9.80. The molecule has 1 saturated heterocycles. The van der Waals surface area contributed by atoms with Crippen molar-refractivity contribution in [1.82, 2.24) is 4.98 Å². The van der Waals surface area contributed by atoms with Gasteiger partial charge in [-0.25, -0.2) is 4.98 Å². The number of methoxy groups -OCH3 is 2. The number of aliphatic hydroxyl groups is 1. The van der Waals surface area contributed by atoms with Crippen molar-refractivity contribution in [3.63, 3.8) is 0 Å². The summed E-state index contributed by atoms with van der Waals surface area (Å²) in [6, 6.07) is 17.3. The van der Waals surface area contributed by atoms with Gasteiger partial charge in [-0.05, 0) is 49.2 Å². The zero-order chi connectivity index (χ0) is 26.3. The lowest BCUT2D eigenvalue weighted by molar-refractivity contribution is -0.132. The summed E-state index contributed by atoms with van der Waals surface area (Å²) in [5.74, 6) is -0.847. The Morgan fingerprint density at radius 2 is 1.78 bits per heavy atom. The summed E-state index contributed by atoms with van der Waals surface area (Å²) in [6.07, 6.45) is 0.866. The number of carbonyl (C=O) groups excluding carboxylic acids is 2. The highest BCUT2D eigenvalue weighted by Crippen LogP contribution is 2.47. The summed E-state index contributed by atoms with van der Waals surface area (Å²) in [6.45, 7) is 4.00. The van der Waals surface area contributed by atoms with Crippen LogP contribution in [0.25, 0.3) is 16.0 Å². The molecule has 0 aliphatic carbocycles. The van der Waals surface area contributed by atoms with E-state index in [9.17, 15) is 14.7 Å². The molecule has 1 unspecified atom stereocenters. The second-order valence-electron chi connectivity index (χ2n) is 8.80. The summed E-state index contributed by atoms with van der Waals surface area (Å²) in [5.41, 5.74) is 3.79. The van der Waals surface area contributed by atoms with Gasteiger partial charge in [-0.15, -0.1) is 0 Å². The van der Waals surface area contributed by atoms with Crippen LogP contribution in [0.1, 0.15) is 35.2 Å². The molecule has 5 rings (SSSR count). The number of nitrogens with zero attached hydrogens (tertiary/aromatic N) is 2. The molecule has 37 heavy (non-hydrogen) atoms. The van der Waals surface area contributed by atoms with Gasteiger partial charge in [-0.2, -0.15) is 0 Å². The van der Waals surface area contributed by atoms with Crippen LogP contribution in [0.2, 0.25) is 0 Å². The Bertz CT molecular complexity index is 1550. The van der Waals surface area contributed by atoms with E-state index in [4.69, 9.17) is 14.5 Å². The maximum atomic E-state index is 13.6. The summed E-state index contributed by atoms with van der Waals surface area (Å²) in [5, 5.41) is 11.7. The second kappa shape index (κ2) is 9.71. The monoisotopic (exact) mass is 514 g/mol. The predicted molar refractivity (Wildman–Crippen MR) is 145 cm³/mol. The lowest BCUT2D eigenvalue weighted by atomic mass is 9.94. The number of aromatic nitrogens is 1. The van der Waals surface area contributed by atoms with E-state index in [1.54, 1.807) is 30.3 Å². The van der Waals surface area contributed by atoms with E-state index in [1.165, 1.54) is 30.5 Å². The van der Waals surface area contributed by atoms with Crippen molar-refractivity contribution in [3.8, 4) is 11.5 Å². The van der Waals surface area contributed by atoms with Gasteiger partial charge < -0.3 is 14.6 Å². The Hall–Kier alpha value is -4.17. The fourth-order valence-corrected chi connectivity index (χ4v) is 5.58. The van der Waals surface area contributed by atoms with Crippen LogP contribution in [0.4, 0.5) is 5.13 Å². The number of fused-ring (bicyclic) bond motifs is 1. The number of amides is 1. The lowest BCUT2D eigenvalue weighted by Gasteiger charge is -2.25. The molecule has 0 spiro atoms. The van der Waals surface area contributed by atoms with Crippen LogP contribution in [0.5, 0.6) is 11.5 Å². The van der Waals surface area contributed by atoms with Gasteiger partial charge in [-0.1, -0.05) is 54.2 Å². The highest BCUT2D eigenvalue weighted by Gasteiger charge is 2.49. The molecule has 0 saturated carbocycles. The lowest BCUT2D eigenvalue weighted by Crippen LogP contribution is -2.29. The Labute approximate surface area is 218 Å². The largest absolute Gasteiger partial charge is 0.507 e. The molecule has 1 N–H and O–H groups in total. The molecule has 1 amide bonds. The third-order valence-corrected chi connectivity index (χ3v) is 7.57. The van der Waals surface area contributed by atoms with E-state index in [0.717, 1.165) is 27.8 Å². The maximum Gasteiger partial charge on any atom is 0.301 e. The van der Waals surface area contributed by atoms with Crippen molar-refractivity contribution in [2.24, 2.45) is 0 Å². The van der Waals surface area contributed by atoms with E-state index in [1.807, 2.05) is 37.3 Å². The number of thiazole rings is 1. The number of carbonyl (C=O) groups is 2. The predicted octanol–water partition coefficient (Wildman–Crippen LogP) is 5.81. The molecule has 7 nitrogen and oxygen atoms in total. The summed E-state index contributed by atoms with van der Waals surface area (Å²) in [7, 11) is 3.05. The third kappa shape index (κ3) is 4.23. The third-order valence-electron chi connectivity index (χ3n) is 6.56. The van der Waals surface area contributed by atoms with Crippen LogP contribution in [0.15, 0.2) is 66.2 Å². The minimum atomic E-state index is -0.974. The van der Waals surface area contributed by atoms with Crippen molar-refractivity contribution >= 4 is 44.1 Å². The van der Waals surface area contributed by atoms with Gasteiger partial charge in [0.15, 0.2) is 5.13 Å². The molecule has 2 heterocycles. The number of ether oxygens (including phenoxy) is 2. The quantitative estimate of drug-likeness (QED) is 0.198. The van der Waals surface area contributed by atoms with Gasteiger partial charge in [0, 0.05) is 11.1 Å². The number of ketones is 1. The van der Waals surface area contributed by atoms with Crippen molar-refractivity contribution < 1.29 is 24.2 Å². The van der Waals surface area contributed by atoms with E-state index < -0.39 is 17.7 Å². The number of hydrogen-bond acceptors (Lipinski definition) is 7. The van der Waals surface area contributed by atoms with Crippen LogP contribution in [0.3, 0.4) is 0 Å².